The molecular formula is C23H29N5O3. The lowest BCUT2D eigenvalue weighted by Crippen LogP contribution is -2.59. The molecule has 8 heteroatoms. The molecule has 8 nitrogen and oxygen atoms in total. The lowest BCUT2D eigenvalue weighted by atomic mass is 9.48. The summed E-state index contributed by atoms with van der Waals surface area (Å²) in [6, 6.07) is 5.58. The zero-order valence-corrected chi connectivity index (χ0v) is 17.8. The number of hydrogen-bond acceptors (Lipinski definition) is 6. The number of nitrogens with two attached hydrogens (primary N) is 1. The normalized spacial score (nSPS) is 38.0. The van der Waals surface area contributed by atoms with Crippen molar-refractivity contribution in [1.82, 2.24) is 9.88 Å². The predicted octanol–water partition coefficient (Wildman–Crippen LogP) is 2.65. The van der Waals surface area contributed by atoms with Crippen LogP contribution < -0.4 is 11.1 Å². The van der Waals surface area contributed by atoms with Crippen molar-refractivity contribution in [3.8, 4) is 6.07 Å². The molecule has 164 valence electrons. The molecule has 2 heterocycles. The second-order valence-electron chi connectivity index (χ2n) is 10.4. The van der Waals surface area contributed by atoms with Crippen LogP contribution in [0.2, 0.25) is 0 Å². The van der Waals surface area contributed by atoms with E-state index in [2.05, 4.69) is 23.3 Å². The average Bonchev–Trinajstić information content (AvgIpc) is 3.12. The molecule has 0 spiro atoms. The van der Waals surface area contributed by atoms with E-state index < -0.39 is 0 Å². The van der Waals surface area contributed by atoms with Crippen LogP contribution in [0, 0.1) is 34.5 Å². The summed E-state index contributed by atoms with van der Waals surface area (Å²) in [5.41, 5.74) is 5.60. The van der Waals surface area contributed by atoms with Crippen molar-refractivity contribution >= 4 is 17.8 Å². The van der Waals surface area contributed by atoms with Crippen LogP contribution in [0.4, 0.5) is 10.6 Å². The van der Waals surface area contributed by atoms with Gasteiger partial charge < -0.3 is 20.7 Å². The van der Waals surface area contributed by atoms with E-state index in [1.165, 1.54) is 6.20 Å². The molecule has 0 aromatic carbocycles. The summed E-state index contributed by atoms with van der Waals surface area (Å²) < 4.78 is 6.07. The first-order valence-corrected chi connectivity index (χ1v) is 11.2. The fourth-order valence-electron chi connectivity index (χ4n) is 6.72. The largest absolute Gasteiger partial charge is 0.446 e. The first kappa shape index (κ1) is 20.1. The van der Waals surface area contributed by atoms with Crippen molar-refractivity contribution in [2.24, 2.45) is 28.9 Å². The van der Waals surface area contributed by atoms with Gasteiger partial charge in [0.1, 0.15) is 18.0 Å². The number of ether oxygens (including phenoxy) is 1. The summed E-state index contributed by atoms with van der Waals surface area (Å²) >= 11 is 0. The molecule has 1 aliphatic heterocycles. The number of nitriles is 1. The van der Waals surface area contributed by atoms with Crippen molar-refractivity contribution in [2.75, 3.05) is 18.4 Å². The molecule has 1 aromatic rings. The molecular weight excluding hydrogens is 394 g/mol. The van der Waals surface area contributed by atoms with Gasteiger partial charge >= 0.3 is 6.09 Å². The molecule has 3 unspecified atom stereocenters. The van der Waals surface area contributed by atoms with Crippen LogP contribution in [0.3, 0.4) is 0 Å². The van der Waals surface area contributed by atoms with Gasteiger partial charge in [0.05, 0.1) is 16.5 Å². The molecule has 4 bridgehead atoms. The number of likely N-dealkylation sites (tertiary alicyclic amines) is 1. The Labute approximate surface area is 182 Å². The Morgan fingerprint density at radius 2 is 2.03 bits per heavy atom. The first-order chi connectivity index (χ1) is 14.8. The number of anilines is 1. The Hall–Kier alpha value is -2.82. The molecule has 31 heavy (non-hydrogen) atoms. The number of nitrogens with one attached hydrogen (secondary N) is 1. The number of carbonyl (C=O) groups is 2. The highest BCUT2D eigenvalue weighted by atomic mass is 16.6. The molecule has 1 aromatic heterocycles. The fourth-order valence-corrected chi connectivity index (χ4v) is 6.72. The molecule has 5 fully saturated rings. The Morgan fingerprint density at radius 3 is 2.65 bits per heavy atom. The summed E-state index contributed by atoms with van der Waals surface area (Å²) in [6.45, 7) is 3.22. The van der Waals surface area contributed by atoms with Crippen molar-refractivity contribution in [3.05, 3.63) is 23.9 Å². The molecule has 5 aliphatic rings. The van der Waals surface area contributed by atoms with Gasteiger partial charge in [-0.3, -0.25) is 4.79 Å². The van der Waals surface area contributed by atoms with Gasteiger partial charge in [-0.15, -0.1) is 0 Å². The standard InChI is InChI=1S/C23H29N5O3/c1-22(27-18-3-2-14(11-24)12-26-18)4-5-28(13-22)21(30)31-19-16-6-15-7-17(19)10-23(8-15,9-16)20(25)29/h2-3,12,15-17,19H,4-10,13H2,1H3,(H2,25,29)(H,26,27). The first-order valence-electron chi connectivity index (χ1n) is 11.2. The van der Waals surface area contributed by atoms with Crippen LogP contribution in [-0.2, 0) is 9.53 Å². The van der Waals surface area contributed by atoms with Gasteiger partial charge in [-0.2, -0.15) is 5.26 Å². The van der Waals surface area contributed by atoms with Crippen LogP contribution in [0.25, 0.3) is 0 Å². The fraction of sp³-hybridized carbons (Fsp3) is 0.652. The highest BCUT2D eigenvalue weighted by Gasteiger charge is 2.59. The third-order valence-corrected chi connectivity index (χ3v) is 8.00. The predicted molar refractivity (Wildman–Crippen MR) is 113 cm³/mol. The summed E-state index contributed by atoms with van der Waals surface area (Å²) in [7, 11) is 0. The molecule has 3 atom stereocenters. The third kappa shape index (κ3) is 3.50. The van der Waals surface area contributed by atoms with Crippen LogP contribution >= 0.6 is 0 Å². The quantitative estimate of drug-likeness (QED) is 0.768. The summed E-state index contributed by atoms with van der Waals surface area (Å²) in [5.74, 6) is 1.55. The lowest BCUT2D eigenvalue weighted by Gasteiger charge is -2.58. The molecule has 3 N–H and O–H groups in total. The van der Waals surface area contributed by atoms with E-state index in [9.17, 15) is 9.59 Å². The molecule has 4 saturated carbocycles. The van der Waals surface area contributed by atoms with Gasteiger partial charge in [0, 0.05) is 19.3 Å². The Kier molecular flexibility index (Phi) is 4.61. The van der Waals surface area contributed by atoms with Gasteiger partial charge in [0.2, 0.25) is 5.91 Å². The van der Waals surface area contributed by atoms with E-state index in [0.29, 0.717) is 30.4 Å². The van der Waals surface area contributed by atoms with E-state index in [-0.39, 0.29) is 40.9 Å². The number of hydrogen-bond donors (Lipinski definition) is 2. The number of aromatic nitrogens is 1. The number of rotatable bonds is 4. The topological polar surface area (TPSA) is 121 Å². The minimum Gasteiger partial charge on any atom is -0.446 e. The number of nitrogens with zero attached hydrogens (tertiary/aromatic N) is 3. The summed E-state index contributed by atoms with van der Waals surface area (Å²) in [4.78, 5) is 31.2. The molecule has 1 saturated heterocycles. The Bertz CT molecular complexity index is 926. The lowest BCUT2D eigenvalue weighted by molar-refractivity contribution is -0.161. The van der Waals surface area contributed by atoms with E-state index in [1.807, 2.05) is 0 Å². The highest BCUT2D eigenvalue weighted by Crippen LogP contribution is 2.60. The van der Waals surface area contributed by atoms with E-state index in [1.54, 1.807) is 17.0 Å². The summed E-state index contributed by atoms with van der Waals surface area (Å²) in [5, 5.41) is 12.3. The van der Waals surface area contributed by atoms with Gasteiger partial charge in [-0.1, -0.05) is 0 Å². The van der Waals surface area contributed by atoms with E-state index in [0.717, 1.165) is 38.5 Å². The number of pyridine rings is 1. The SMILES string of the molecule is CC1(Nc2ccc(C#N)cn2)CCN(C(=O)OC2C3CC4CC2CC(C(N)=O)(C4)C3)C1. The maximum atomic E-state index is 13.0. The average molecular weight is 424 g/mol. The number of primary amides is 1. The van der Waals surface area contributed by atoms with Gasteiger partial charge in [-0.05, 0) is 75.3 Å². The van der Waals surface area contributed by atoms with Crippen molar-refractivity contribution in [1.29, 1.82) is 5.26 Å². The van der Waals surface area contributed by atoms with Gasteiger partial charge in [-0.25, -0.2) is 9.78 Å². The number of amides is 2. The van der Waals surface area contributed by atoms with Crippen LogP contribution in [0.15, 0.2) is 18.3 Å². The second kappa shape index (κ2) is 7.11. The highest BCUT2D eigenvalue weighted by molar-refractivity contribution is 5.81. The zero-order chi connectivity index (χ0) is 21.8. The number of carbonyl (C=O) groups excluding carboxylic acids is 2. The van der Waals surface area contributed by atoms with Gasteiger partial charge in [0.15, 0.2) is 0 Å². The minimum absolute atomic E-state index is 0.100. The second-order valence-corrected chi connectivity index (χ2v) is 10.4. The maximum absolute atomic E-state index is 13.0. The monoisotopic (exact) mass is 423 g/mol. The van der Waals surface area contributed by atoms with Crippen molar-refractivity contribution in [2.45, 2.75) is 57.1 Å². The Balaban J connectivity index is 1.21. The zero-order valence-electron chi connectivity index (χ0n) is 17.8. The third-order valence-electron chi connectivity index (χ3n) is 8.00. The summed E-state index contributed by atoms with van der Waals surface area (Å²) in [6.07, 6.45) is 6.47. The van der Waals surface area contributed by atoms with Gasteiger partial charge in [0.25, 0.3) is 0 Å². The molecule has 4 aliphatic carbocycles. The molecule has 0 radical (unpaired) electrons. The maximum Gasteiger partial charge on any atom is 0.410 e. The van der Waals surface area contributed by atoms with Crippen LogP contribution in [0.5, 0.6) is 0 Å². The van der Waals surface area contributed by atoms with Crippen LogP contribution in [-0.4, -0.2) is 46.6 Å². The molecule has 2 amide bonds. The van der Waals surface area contributed by atoms with E-state index >= 15 is 0 Å². The van der Waals surface area contributed by atoms with Crippen molar-refractivity contribution in [3.63, 3.8) is 0 Å². The molecule has 6 rings (SSSR count). The Morgan fingerprint density at radius 1 is 1.29 bits per heavy atom. The van der Waals surface area contributed by atoms with Crippen LogP contribution in [0.1, 0.15) is 51.0 Å². The van der Waals surface area contributed by atoms with E-state index in [4.69, 9.17) is 15.7 Å². The van der Waals surface area contributed by atoms with Crippen molar-refractivity contribution < 1.29 is 14.3 Å². The smallest absolute Gasteiger partial charge is 0.410 e. The minimum atomic E-state index is -0.371.